The van der Waals surface area contributed by atoms with Gasteiger partial charge in [-0.25, -0.2) is 0 Å². The van der Waals surface area contributed by atoms with Crippen molar-refractivity contribution in [3.8, 4) is 0 Å². The van der Waals surface area contributed by atoms with E-state index in [0.717, 1.165) is 29.6 Å². The lowest BCUT2D eigenvalue weighted by Crippen LogP contribution is -2.52. The lowest BCUT2D eigenvalue weighted by Gasteiger charge is -2.60. The van der Waals surface area contributed by atoms with E-state index in [-0.39, 0.29) is 7.43 Å². The summed E-state index contributed by atoms with van der Waals surface area (Å²) in [5.74, 6) is 5.25. The maximum atomic E-state index is 3.97. The van der Waals surface area contributed by atoms with Gasteiger partial charge >= 0.3 is 0 Å². The molecule has 4 aliphatic carbocycles. The summed E-state index contributed by atoms with van der Waals surface area (Å²) in [6.45, 7) is 17.4. The van der Waals surface area contributed by atoms with Gasteiger partial charge in [0.25, 0.3) is 0 Å². The molecule has 0 aromatic rings. The Bertz CT molecular complexity index is 451. The Morgan fingerprint density at radius 2 is 1.46 bits per heavy atom. The summed E-state index contributed by atoms with van der Waals surface area (Å²) in [6.07, 6.45) is 20.2. The third-order valence-corrected chi connectivity index (χ3v) is 9.50. The number of hydrogen-bond donors (Lipinski definition) is 0. The second-order valence-corrected chi connectivity index (χ2v) is 10.1. The Morgan fingerprint density at radius 3 is 2.14 bits per heavy atom. The van der Waals surface area contributed by atoms with Crippen molar-refractivity contribution in [2.24, 2.45) is 40.4 Å². The van der Waals surface area contributed by atoms with Crippen LogP contribution in [-0.2, 0) is 0 Å². The second kappa shape index (κ2) is 11.2. The first-order chi connectivity index (χ1) is 13.1. The summed E-state index contributed by atoms with van der Waals surface area (Å²) < 4.78 is 0. The van der Waals surface area contributed by atoms with Gasteiger partial charge in [-0.05, 0) is 105 Å². The predicted octanol–water partition coefficient (Wildman–Crippen LogP) is 9.69. The van der Waals surface area contributed by atoms with E-state index in [0.29, 0.717) is 10.8 Å². The molecule has 4 aliphatic rings. The predicted molar refractivity (Wildman–Crippen MR) is 129 cm³/mol. The molecule has 0 radical (unpaired) electrons. The third-order valence-electron chi connectivity index (χ3n) is 9.50. The second-order valence-electron chi connectivity index (χ2n) is 10.1. The molecule has 0 N–H and O–H groups in total. The molecule has 0 aromatic heterocycles. The van der Waals surface area contributed by atoms with Crippen molar-refractivity contribution in [1.29, 1.82) is 0 Å². The molecule has 0 saturated heterocycles. The molecule has 0 bridgehead atoms. The van der Waals surface area contributed by atoms with Gasteiger partial charge in [0, 0.05) is 0 Å². The summed E-state index contributed by atoms with van der Waals surface area (Å²) in [6, 6.07) is 0. The van der Waals surface area contributed by atoms with Crippen molar-refractivity contribution >= 4 is 0 Å². The Morgan fingerprint density at radius 1 is 0.786 bits per heavy atom. The van der Waals surface area contributed by atoms with Crippen LogP contribution in [0.1, 0.15) is 126 Å². The first kappa shape index (κ1) is 25.8. The molecular weight excluding hydrogens is 336 g/mol. The lowest BCUT2D eigenvalue weighted by atomic mass is 9.45. The topological polar surface area (TPSA) is 0 Å². The molecule has 28 heavy (non-hydrogen) atoms. The van der Waals surface area contributed by atoms with Gasteiger partial charge in [0.2, 0.25) is 0 Å². The van der Waals surface area contributed by atoms with E-state index in [9.17, 15) is 0 Å². The Hall–Kier alpha value is -0.260. The van der Waals surface area contributed by atoms with Crippen molar-refractivity contribution in [3.63, 3.8) is 0 Å². The molecule has 7 unspecified atom stereocenters. The van der Waals surface area contributed by atoms with Gasteiger partial charge in [-0.2, -0.15) is 0 Å². The molecule has 0 amide bonds. The number of rotatable bonds is 3. The van der Waals surface area contributed by atoms with E-state index >= 15 is 0 Å². The van der Waals surface area contributed by atoms with Crippen molar-refractivity contribution in [2.45, 2.75) is 126 Å². The summed E-state index contributed by atoms with van der Waals surface area (Å²) in [7, 11) is 0. The third kappa shape index (κ3) is 4.41. The van der Waals surface area contributed by atoms with Gasteiger partial charge in [-0.15, -0.1) is 6.58 Å². The van der Waals surface area contributed by atoms with Crippen LogP contribution in [0.3, 0.4) is 0 Å². The average Bonchev–Trinajstić information content (AvgIpc) is 3.05. The normalized spacial score (nSPS) is 43.4. The molecule has 0 nitrogen and oxygen atoms in total. The smallest absolute Gasteiger partial charge is 0.0266 e. The molecule has 0 aromatic carbocycles. The molecule has 0 heterocycles. The van der Waals surface area contributed by atoms with Crippen LogP contribution in [0.4, 0.5) is 0 Å². The van der Waals surface area contributed by atoms with Gasteiger partial charge in [-0.1, -0.05) is 67.9 Å². The number of hydrogen-bond acceptors (Lipinski definition) is 0. The summed E-state index contributed by atoms with van der Waals surface area (Å²) in [5.41, 5.74) is 1.38. The van der Waals surface area contributed by atoms with Gasteiger partial charge in [-0.3, -0.25) is 0 Å². The minimum Gasteiger partial charge on any atom is -0.103 e. The molecule has 0 heteroatoms. The molecule has 4 saturated carbocycles. The van der Waals surface area contributed by atoms with Gasteiger partial charge in [0.1, 0.15) is 0 Å². The van der Waals surface area contributed by atoms with E-state index in [1.807, 2.05) is 27.7 Å². The lowest BCUT2D eigenvalue weighted by molar-refractivity contribution is -0.111. The maximum absolute atomic E-state index is 3.97. The van der Waals surface area contributed by atoms with Crippen molar-refractivity contribution in [1.82, 2.24) is 0 Å². The van der Waals surface area contributed by atoms with Crippen LogP contribution < -0.4 is 0 Å². The van der Waals surface area contributed by atoms with Gasteiger partial charge in [0.15, 0.2) is 0 Å². The average molecular weight is 391 g/mol. The van der Waals surface area contributed by atoms with Crippen LogP contribution >= 0.6 is 0 Å². The van der Waals surface area contributed by atoms with Crippen LogP contribution in [0.5, 0.6) is 0 Å². The minimum absolute atomic E-state index is 0. The quantitative estimate of drug-likeness (QED) is 0.421. The highest BCUT2D eigenvalue weighted by Gasteiger charge is 2.59. The fraction of sp³-hybridized carbons (Fsp3) is 0.929. The molecule has 4 fully saturated rings. The monoisotopic (exact) mass is 390 g/mol. The highest BCUT2D eigenvalue weighted by Crippen LogP contribution is 2.67. The largest absolute Gasteiger partial charge is 0.103 e. The van der Waals surface area contributed by atoms with E-state index in [1.54, 1.807) is 38.5 Å². The maximum Gasteiger partial charge on any atom is -0.0266 e. The van der Waals surface area contributed by atoms with Crippen LogP contribution in [-0.4, -0.2) is 0 Å². The van der Waals surface area contributed by atoms with Gasteiger partial charge < -0.3 is 0 Å². The van der Waals surface area contributed by atoms with Crippen molar-refractivity contribution in [2.75, 3.05) is 0 Å². The molecule has 0 aliphatic heterocycles. The van der Waals surface area contributed by atoms with Gasteiger partial charge in [0.05, 0.1) is 0 Å². The van der Waals surface area contributed by atoms with E-state index < -0.39 is 0 Å². The number of allylic oxidation sites excluding steroid dienone is 1. The van der Waals surface area contributed by atoms with E-state index in [2.05, 4.69) is 26.5 Å². The highest BCUT2D eigenvalue weighted by atomic mass is 14.6. The van der Waals surface area contributed by atoms with E-state index in [4.69, 9.17) is 0 Å². The van der Waals surface area contributed by atoms with E-state index in [1.165, 1.54) is 38.5 Å². The summed E-state index contributed by atoms with van der Waals surface area (Å²) in [5, 5.41) is 0. The zero-order chi connectivity index (χ0) is 20.1. The Labute approximate surface area is 179 Å². The number of fused-ring (bicyclic) bond motifs is 5. The minimum atomic E-state index is 0. The molecule has 7 atom stereocenters. The SMILES string of the molecule is C.C=CCCC1CCC2C3CCC4CCCCC4(C)C3CCC12C.CC.CC. The first-order valence-corrected chi connectivity index (χ1v) is 12.7. The van der Waals surface area contributed by atoms with Crippen molar-refractivity contribution < 1.29 is 0 Å². The fourth-order valence-electron chi connectivity index (χ4n) is 8.20. The van der Waals surface area contributed by atoms with Crippen molar-refractivity contribution in [3.05, 3.63) is 12.7 Å². The Kier molecular flexibility index (Phi) is 10.3. The van der Waals surface area contributed by atoms with Crippen LogP contribution in [0.15, 0.2) is 12.7 Å². The fourth-order valence-corrected chi connectivity index (χ4v) is 8.20. The zero-order valence-electron chi connectivity index (χ0n) is 19.7. The van der Waals surface area contributed by atoms with Crippen LogP contribution in [0, 0.1) is 40.4 Å². The molecule has 0 spiro atoms. The molecular formula is C28H54. The summed E-state index contributed by atoms with van der Waals surface area (Å²) in [4.78, 5) is 0. The zero-order valence-corrected chi connectivity index (χ0v) is 19.7. The Balaban J connectivity index is 0.000000739. The molecule has 4 rings (SSSR count). The first-order valence-electron chi connectivity index (χ1n) is 12.7. The standard InChI is InChI=1S/C23H38.2C2H6.CH4/c1-4-5-8-17-11-13-20-19-12-10-18-9-6-7-15-22(18,2)21(19)14-16-23(17,20)3;2*1-2;/h4,17-21H,1,5-16H2,2-3H3;2*1-2H3;1H4. The summed E-state index contributed by atoms with van der Waals surface area (Å²) >= 11 is 0. The van der Waals surface area contributed by atoms with Crippen LogP contribution in [0.25, 0.3) is 0 Å². The van der Waals surface area contributed by atoms with Crippen LogP contribution in [0.2, 0.25) is 0 Å². The highest BCUT2D eigenvalue weighted by molar-refractivity contribution is 5.08. The molecule has 166 valence electrons.